The molecule has 0 bridgehead atoms. The molecular formula is C5H9N2O. The topological polar surface area (TPSA) is 24.8 Å². The standard InChI is InChI=1S/C5H9N2O/c1-7-4-6-3-5(7)8-2/h5H,4H2,1-2H3. The molecule has 0 saturated heterocycles. The molecule has 3 nitrogen and oxygen atoms in total. The first-order chi connectivity index (χ1) is 3.84. The Balaban J connectivity index is 2.41. The molecule has 0 spiro atoms. The molecule has 0 aromatic carbocycles. The van der Waals surface area contributed by atoms with Gasteiger partial charge >= 0.3 is 0 Å². The van der Waals surface area contributed by atoms with Gasteiger partial charge in [0.15, 0.2) is 6.23 Å². The highest BCUT2D eigenvalue weighted by atomic mass is 16.5. The highest BCUT2D eigenvalue weighted by Crippen LogP contribution is 1.99. The summed E-state index contributed by atoms with van der Waals surface area (Å²) in [5, 5.41) is 0. The molecule has 0 N–H and O–H groups in total. The van der Waals surface area contributed by atoms with Gasteiger partial charge in [0.25, 0.3) is 0 Å². The fourth-order valence-electron chi connectivity index (χ4n) is 0.636. The molecule has 1 aliphatic rings. The van der Waals surface area contributed by atoms with E-state index in [1.165, 1.54) is 0 Å². The Morgan fingerprint density at radius 2 is 2.62 bits per heavy atom. The number of rotatable bonds is 1. The minimum atomic E-state index is -0.0185. The average Bonchev–Trinajstić information content (AvgIpc) is 2.14. The van der Waals surface area contributed by atoms with Gasteiger partial charge in [0.05, 0.1) is 6.67 Å². The van der Waals surface area contributed by atoms with Gasteiger partial charge in [-0.3, -0.25) is 9.89 Å². The molecule has 45 valence electrons. The summed E-state index contributed by atoms with van der Waals surface area (Å²) in [6, 6.07) is 0. The lowest BCUT2D eigenvalue weighted by molar-refractivity contribution is 0.0503. The third kappa shape index (κ3) is 0.877. The van der Waals surface area contributed by atoms with Gasteiger partial charge in [-0.15, -0.1) is 0 Å². The van der Waals surface area contributed by atoms with Gasteiger partial charge in [-0.1, -0.05) is 0 Å². The normalized spacial score (nSPS) is 29.5. The predicted molar refractivity (Wildman–Crippen MR) is 30.9 cm³/mol. The lowest BCUT2D eigenvalue weighted by atomic mass is 10.6. The molecule has 0 aromatic heterocycles. The van der Waals surface area contributed by atoms with Crippen LogP contribution in [0.1, 0.15) is 0 Å². The third-order valence-corrected chi connectivity index (χ3v) is 1.12. The molecule has 3 heteroatoms. The van der Waals surface area contributed by atoms with Gasteiger partial charge in [-0.25, -0.2) is 0 Å². The first-order valence-electron chi connectivity index (χ1n) is 2.49. The maximum absolute atomic E-state index is 4.94. The zero-order valence-corrected chi connectivity index (χ0v) is 5.09. The van der Waals surface area contributed by atoms with Crippen LogP contribution in [-0.4, -0.2) is 38.2 Å². The molecular weight excluding hydrogens is 104 g/mol. The lowest BCUT2D eigenvalue weighted by Gasteiger charge is -2.13. The van der Waals surface area contributed by atoms with Gasteiger partial charge in [0.2, 0.25) is 0 Å². The van der Waals surface area contributed by atoms with Crippen LogP contribution in [0.5, 0.6) is 0 Å². The number of aliphatic imine (C=N–C) groups is 1. The number of methoxy groups -OCH3 is 1. The minimum absolute atomic E-state index is 0.0185. The molecule has 0 saturated carbocycles. The molecule has 1 aliphatic heterocycles. The smallest absolute Gasteiger partial charge is 0.156 e. The summed E-state index contributed by atoms with van der Waals surface area (Å²) in [5.41, 5.74) is 0. The van der Waals surface area contributed by atoms with Gasteiger partial charge in [-0.2, -0.15) is 0 Å². The van der Waals surface area contributed by atoms with E-state index >= 15 is 0 Å². The fourth-order valence-corrected chi connectivity index (χ4v) is 0.636. The summed E-state index contributed by atoms with van der Waals surface area (Å²) in [7, 11) is 3.59. The number of nitrogens with zero attached hydrogens (tertiary/aromatic N) is 2. The third-order valence-electron chi connectivity index (χ3n) is 1.12. The second-order valence-corrected chi connectivity index (χ2v) is 1.77. The highest BCUT2D eigenvalue weighted by molar-refractivity contribution is 5.64. The summed E-state index contributed by atoms with van der Waals surface area (Å²) in [6.07, 6.45) is 2.77. The lowest BCUT2D eigenvalue weighted by Crippen LogP contribution is -2.28. The van der Waals surface area contributed by atoms with Crippen LogP contribution >= 0.6 is 0 Å². The Kier molecular flexibility index (Phi) is 1.60. The van der Waals surface area contributed by atoms with E-state index in [-0.39, 0.29) is 6.23 Å². The van der Waals surface area contributed by atoms with Crippen molar-refractivity contribution in [2.45, 2.75) is 6.23 Å². The first-order valence-corrected chi connectivity index (χ1v) is 2.49. The van der Waals surface area contributed by atoms with Crippen molar-refractivity contribution in [2.24, 2.45) is 4.99 Å². The van der Waals surface area contributed by atoms with Crippen molar-refractivity contribution in [3.05, 3.63) is 0 Å². The van der Waals surface area contributed by atoms with Gasteiger partial charge < -0.3 is 4.74 Å². The van der Waals surface area contributed by atoms with Crippen LogP contribution in [0.3, 0.4) is 0 Å². The minimum Gasteiger partial charge on any atom is -0.360 e. The van der Waals surface area contributed by atoms with Crippen LogP contribution in [0.2, 0.25) is 0 Å². The molecule has 1 unspecified atom stereocenters. The van der Waals surface area contributed by atoms with Crippen molar-refractivity contribution in [1.29, 1.82) is 0 Å². The largest absolute Gasteiger partial charge is 0.360 e. The summed E-state index contributed by atoms with van der Waals surface area (Å²) < 4.78 is 4.94. The second-order valence-electron chi connectivity index (χ2n) is 1.77. The maximum Gasteiger partial charge on any atom is 0.156 e. The second kappa shape index (κ2) is 2.24. The van der Waals surface area contributed by atoms with E-state index in [1.807, 2.05) is 11.9 Å². The van der Waals surface area contributed by atoms with E-state index in [0.29, 0.717) is 6.67 Å². The molecule has 0 fully saturated rings. The fraction of sp³-hybridized carbons (Fsp3) is 0.800. The molecule has 1 atom stereocenters. The van der Waals surface area contributed by atoms with Crippen molar-refractivity contribution in [2.75, 3.05) is 20.8 Å². The van der Waals surface area contributed by atoms with E-state index < -0.39 is 0 Å². The van der Waals surface area contributed by atoms with Crippen LogP contribution in [0, 0.1) is 0 Å². The van der Waals surface area contributed by atoms with Crippen molar-refractivity contribution < 1.29 is 4.74 Å². The number of hydrogen-bond acceptors (Lipinski definition) is 3. The van der Waals surface area contributed by atoms with Crippen LogP contribution in [0.25, 0.3) is 0 Å². The molecule has 1 rings (SSSR count). The molecule has 1 heterocycles. The molecule has 0 aromatic rings. The molecule has 0 amide bonds. The SMILES string of the molecule is COC1[C]=NCN1C. The van der Waals surface area contributed by atoms with E-state index in [0.717, 1.165) is 0 Å². The quantitative estimate of drug-likeness (QED) is 0.471. The first kappa shape index (κ1) is 5.72. The molecule has 1 radical (unpaired) electrons. The molecule has 8 heavy (non-hydrogen) atoms. The highest BCUT2D eigenvalue weighted by Gasteiger charge is 2.15. The zero-order chi connectivity index (χ0) is 5.98. The summed E-state index contributed by atoms with van der Waals surface area (Å²) in [5.74, 6) is 0. The maximum atomic E-state index is 4.94. The van der Waals surface area contributed by atoms with Crippen LogP contribution in [-0.2, 0) is 4.74 Å². The Morgan fingerprint density at radius 1 is 1.88 bits per heavy atom. The summed E-state index contributed by atoms with van der Waals surface area (Å²) in [6.45, 7) is 0.707. The van der Waals surface area contributed by atoms with E-state index in [4.69, 9.17) is 4.74 Å². The van der Waals surface area contributed by atoms with Crippen molar-refractivity contribution in [3.63, 3.8) is 0 Å². The average molecular weight is 113 g/mol. The summed E-state index contributed by atoms with van der Waals surface area (Å²) >= 11 is 0. The Hall–Kier alpha value is -0.410. The van der Waals surface area contributed by atoms with Crippen molar-refractivity contribution in [1.82, 2.24) is 4.90 Å². The van der Waals surface area contributed by atoms with E-state index in [2.05, 4.69) is 11.2 Å². The van der Waals surface area contributed by atoms with Gasteiger partial charge in [-0.05, 0) is 7.05 Å². The Labute approximate surface area is 49.0 Å². The van der Waals surface area contributed by atoms with Crippen LogP contribution < -0.4 is 0 Å². The number of hydrogen-bond donors (Lipinski definition) is 0. The summed E-state index contributed by atoms with van der Waals surface area (Å²) in [4.78, 5) is 5.83. The van der Waals surface area contributed by atoms with E-state index in [1.54, 1.807) is 7.11 Å². The van der Waals surface area contributed by atoms with E-state index in [9.17, 15) is 0 Å². The zero-order valence-electron chi connectivity index (χ0n) is 5.09. The van der Waals surface area contributed by atoms with Crippen molar-refractivity contribution >= 4 is 6.21 Å². The predicted octanol–water partition coefficient (Wildman–Crippen LogP) is -0.190. The van der Waals surface area contributed by atoms with Gasteiger partial charge in [0.1, 0.15) is 6.21 Å². The number of ether oxygens (including phenoxy) is 1. The van der Waals surface area contributed by atoms with Gasteiger partial charge in [0, 0.05) is 7.11 Å². The molecule has 0 aliphatic carbocycles. The van der Waals surface area contributed by atoms with Crippen LogP contribution in [0.4, 0.5) is 0 Å². The van der Waals surface area contributed by atoms with Crippen molar-refractivity contribution in [3.8, 4) is 0 Å². The Bertz CT molecular complexity index is 103. The monoisotopic (exact) mass is 113 g/mol. The van der Waals surface area contributed by atoms with Crippen LogP contribution in [0.15, 0.2) is 4.99 Å². The Morgan fingerprint density at radius 3 is 2.88 bits per heavy atom.